The Morgan fingerprint density at radius 2 is 1.84 bits per heavy atom. The van der Waals surface area contributed by atoms with Crippen molar-refractivity contribution in [3.8, 4) is 17.1 Å². The lowest BCUT2D eigenvalue weighted by molar-refractivity contribution is -0.139. The summed E-state index contributed by atoms with van der Waals surface area (Å²) in [5.41, 5.74) is -0.526. The summed E-state index contributed by atoms with van der Waals surface area (Å²) in [6.45, 7) is 7.12. The number of aliphatic carboxylic acids is 1. The molecule has 0 amide bonds. The summed E-state index contributed by atoms with van der Waals surface area (Å²) in [6.07, 6.45) is -0.105. The molecule has 5 rings (SSSR count). The molecule has 0 aromatic carbocycles. The average molecular weight is 639 g/mol. The fourth-order valence-corrected chi connectivity index (χ4v) is 6.61. The molecular weight excluding hydrogens is 604 g/mol. The maximum atomic E-state index is 15.7. The molecule has 44 heavy (non-hydrogen) atoms. The Morgan fingerprint density at radius 1 is 1.14 bits per heavy atom. The molecule has 2 atom stereocenters. The van der Waals surface area contributed by atoms with Gasteiger partial charge in [-0.25, -0.2) is 19.9 Å². The highest BCUT2D eigenvalue weighted by molar-refractivity contribution is 7.16. The number of hydrogen-bond acceptors (Lipinski definition) is 11. The number of carboxylic acids is 1. The van der Waals surface area contributed by atoms with Crippen LogP contribution in [0, 0.1) is 5.82 Å². The number of nitrogens with zero attached hydrogens (tertiary/aromatic N) is 7. The van der Waals surface area contributed by atoms with E-state index >= 15 is 4.39 Å². The highest BCUT2D eigenvalue weighted by atomic mass is 32.1. The number of methoxy groups -OCH3 is 1. The van der Waals surface area contributed by atoms with E-state index in [0.29, 0.717) is 49.8 Å². The first-order valence-electron chi connectivity index (χ1n) is 14.3. The van der Waals surface area contributed by atoms with Gasteiger partial charge < -0.3 is 20.1 Å². The smallest absolute Gasteiger partial charge is 0.421 e. The summed E-state index contributed by atoms with van der Waals surface area (Å²) < 4.78 is 62.1. The van der Waals surface area contributed by atoms with E-state index in [1.807, 2.05) is 4.90 Å². The number of carbonyl (C=O) groups is 1. The number of rotatable bonds is 10. The van der Waals surface area contributed by atoms with Gasteiger partial charge in [0, 0.05) is 68.0 Å². The second-order valence-electron chi connectivity index (χ2n) is 11.0. The lowest BCUT2D eigenvalue weighted by Gasteiger charge is -2.35. The van der Waals surface area contributed by atoms with E-state index < -0.39 is 29.4 Å². The molecule has 0 bridgehead atoms. The Labute approximate surface area is 255 Å². The number of hydrogen-bond donors (Lipinski definition) is 2. The van der Waals surface area contributed by atoms with Crippen LogP contribution in [0.15, 0.2) is 18.6 Å². The van der Waals surface area contributed by atoms with Gasteiger partial charge in [-0.05, 0) is 32.8 Å². The highest BCUT2D eigenvalue weighted by Gasteiger charge is 2.36. The number of aromatic nitrogens is 4. The Kier molecular flexibility index (Phi) is 9.51. The van der Waals surface area contributed by atoms with Crippen molar-refractivity contribution in [1.29, 1.82) is 0 Å². The Balaban J connectivity index is 1.43. The lowest BCUT2D eigenvalue weighted by Crippen LogP contribution is -2.47. The molecule has 2 N–H and O–H groups in total. The molecule has 0 unspecified atom stereocenters. The number of thiazole rings is 1. The second-order valence-corrected chi connectivity index (χ2v) is 12.1. The average Bonchev–Trinajstić information content (AvgIpc) is 3.54. The number of nitrogens with one attached hydrogen (secondary N) is 1. The van der Waals surface area contributed by atoms with Gasteiger partial charge in [0.05, 0.1) is 19.2 Å². The van der Waals surface area contributed by atoms with E-state index in [9.17, 15) is 18.0 Å². The van der Waals surface area contributed by atoms with E-state index in [-0.39, 0.29) is 40.8 Å². The number of alkyl halides is 3. The first kappa shape index (κ1) is 31.8. The van der Waals surface area contributed by atoms with Crippen LogP contribution in [-0.4, -0.2) is 92.7 Å². The first-order valence-corrected chi connectivity index (χ1v) is 15.1. The predicted octanol–water partition coefficient (Wildman–Crippen LogP) is 4.87. The third kappa shape index (κ3) is 7.02. The summed E-state index contributed by atoms with van der Waals surface area (Å²) in [4.78, 5) is 34.4. The Bertz CT molecular complexity index is 1470. The topological polar surface area (TPSA) is 120 Å². The minimum atomic E-state index is -4.69. The van der Waals surface area contributed by atoms with Crippen molar-refractivity contribution in [2.75, 3.05) is 50.1 Å². The second kappa shape index (κ2) is 13.2. The zero-order chi connectivity index (χ0) is 31.6. The van der Waals surface area contributed by atoms with Crippen molar-refractivity contribution >= 4 is 34.1 Å². The minimum absolute atomic E-state index is 0.0351. The third-order valence-corrected chi connectivity index (χ3v) is 9.05. The van der Waals surface area contributed by atoms with Gasteiger partial charge in [-0.1, -0.05) is 11.3 Å². The van der Waals surface area contributed by atoms with E-state index in [1.54, 1.807) is 4.90 Å². The van der Waals surface area contributed by atoms with Gasteiger partial charge in [-0.3, -0.25) is 14.6 Å². The number of carboxylic acid groups (broad SMARTS) is 1. The first-order chi connectivity index (χ1) is 20.9. The number of piperazine rings is 1. The van der Waals surface area contributed by atoms with E-state index in [0.717, 1.165) is 26.0 Å². The quantitative estimate of drug-likeness (QED) is 0.296. The zero-order valence-electron chi connectivity index (χ0n) is 24.6. The van der Waals surface area contributed by atoms with Crippen LogP contribution in [0.1, 0.15) is 43.6 Å². The van der Waals surface area contributed by atoms with Crippen molar-refractivity contribution in [2.24, 2.45) is 0 Å². The van der Waals surface area contributed by atoms with E-state index in [2.05, 4.69) is 44.0 Å². The SMILES string of the molecule is COc1ncc(-c2nc(Nc3ncnc(N4CCN(CCC(=O)O)CC4)c3F)sc2CN2[C@H](C)CC[C@H]2C)cc1C(F)(F)F. The van der Waals surface area contributed by atoms with Crippen LogP contribution in [0.5, 0.6) is 5.88 Å². The minimum Gasteiger partial charge on any atom is -0.481 e. The van der Waals surface area contributed by atoms with Gasteiger partial charge in [0.15, 0.2) is 16.8 Å². The molecule has 5 heterocycles. The van der Waals surface area contributed by atoms with Crippen LogP contribution in [0.25, 0.3) is 11.3 Å². The Morgan fingerprint density at radius 3 is 2.48 bits per heavy atom. The molecule has 2 aliphatic heterocycles. The fourth-order valence-electron chi connectivity index (χ4n) is 5.62. The molecule has 2 fully saturated rings. The summed E-state index contributed by atoms with van der Waals surface area (Å²) in [5, 5.41) is 12.1. The van der Waals surface area contributed by atoms with Gasteiger partial charge >= 0.3 is 12.1 Å². The molecule has 0 saturated carbocycles. The monoisotopic (exact) mass is 638 g/mol. The van der Waals surface area contributed by atoms with Crippen LogP contribution in [0.4, 0.5) is 34.3 Å². The van der Waals surface area contributed by atoms with Crippen molar-refractivity contribution in [2.45, 2.75) is 57.9 Å². The van der Waals surface area contributed by atoms with Gasteiger partial charge in [-0.15, -0.1) is 0 Å². The van der Waals surface area contributed by atoms with Crippen LogP contribution >= 0.6 is 11.3 Å². The molecule has 2 aliphatic rings. The van der Waals surface area contributed by atoms with Crippen LogP contribution in [0.3, 0.4) is 0 Å². The summed E-state index contributed by atoms with van der Waals surface area (Å²) in [5.74, 6) is -2.09. The van der Waals surface area contributed by atoms with Gasteiger partial charge in [0.1, 0.15) is 11.9 Å². The van der Waals surface area contributed by atoms with Crippen LogP contribution in [-0.2, 0) is 17.5 Å². The maximum absolute atomic E-state index is 15.7. The molecule has 3 aromatic heterocycles. The summed E-state index contributed by atoms with van der Waals surface area (Å²) in [6, 6.07) is 1.54. The van der Waals surface area contributed by atoms with Gasteiger partial charge in [0.25, 0.3) is 0 Å². The number of anilines is 3. The summed E-state index contributed by atoms with van der Waals surface area (Å²) in [7, 11) is 1.13. The van der Waals surface area contributed by atoms with Crippen molar-refractivity contribution in [1.82, 2.24) is 29.7 Å². The highest BCUT2D eigenvalue weighted by Crippen LogP contribution is 2.41. The van der Waals surface area contributed by atoms with Crippen LogP contribution < -0.4 is 15.0 Å². The third-order valence-electron chi connectivity index (χ3n) is 8.09. The fraction of sp³-hybridized carbons (Fsp3) is 0.536. The molecule has 0 spiro atoms. The normalized spacial score (nSPS) is 19.8. The molecule has 3 aromatic rings. The molecule has 0 radical (unpaired) electrons. The zero-order valence-corrected chi connectivity index (χ0v) is 25.4. The summed E-state index contributed by atoms with van der Waals surface area (Å²) >= 11 is 1.22. The molecule has 238 valence electrons. The largest absolute Gasteiger partial charge is 0.481 e. The molecular formula is C28H34F4N8O3S. The van der Waals surface area contributed by atoms with Crippen molar-refractivity contribution in [3.05, 3.63) is 34.8 Å². The number of likely N-dealkylation sites (tertiary alicyclic amines) is 1. The van der Waals surface area contributed by atoms with E-state index in [4.69, 9.17) is 9.84 Å². The lowest BCUT2D eigenvalue weighted by atomic mass is 10.1. The number of ether oxygens (including phenoxy) is 1. The van der Waals surface area contributed by atoms with Crippen LogP contribution in [0.2, 0.25) is 0 Å². The maximum Gasteiger partial charge on any atom is 0.421 e. The number of pyridine rings is 1. The Hall–Kier alpha value is -3.63. The van der Waals surface area contributed by atoms with E-state index in [1.165, 1.54) is 23.9 Å². The van der Waals surface area contributed by atoms with Crippen molar-refractivity contribution < 1.29 is 32.2 Å². The molecule has 2 saturated heterocycles. The number of halogens is 4. The molecule has 11 nitrogen and oxygen atoms in total. The standard InChI is InChI=1S/C28H34F4N8O3S/c1-16-4-5-17(2)40(16)14-20-23(18-12-19(28(30,31)32)26(43-3)33-13-18)36-27(44-20)37-24-22(29)25(35-15-34-24)39-10-8-38(9-11-39)7-6-21(41)42/h12-13,15-17H,4-11,14H2,1-3H3,(H,41,42)(H,34,35,36,37)/t16-,17-/m1/s1. The van der Waals surface area contributed by atoms with Gasteiger partial charge in [-0.2, -0.15) is 17.6 Å². The predicted molar refractivity (Wildman–Crippen MR) is 157 cm³/mol. The molecule has 0 aliphatic carbocycles. The van der Waals surface area contributed by atoms with Gasteiger partial charge in [0.2, 0.25) is 11.7 Å². The molecule has 16 heteroatoms. The van der Waals surface area contributed by atoms with Crippen molar-refractivity contribution in [3.63, 3.8) is 0 Å².